The Labute approximate surface area is 175 Å². The molecular weight excluding hydrogens is 388 g/mol. The lowest BCUT2D eigenvalue weighted by molar-refractivity contribution is 0.170. The van der Waals surface area contributed by atoms with E-state index in [-0.39, 0.29) is 0 Å². The maximum Gasteiger partial charge on any atom is 0.161 e. The van der Waals surface area contributed by atoms with Crippen molar-refractivity contribution in [3.05, 3.63) is 58.7 Å². The second kappa shape index (κ2) is 7.73. The summed E-state index contributed by atoms with van der Waals surface area (Å²) in [6, 6.07) is 14.7. The molecular formula is C23H23ClN2O3. The largest absolute Gasteiger partial charge is 0.497 e. The van der Waals surface area contributed by atoms with Crippen LogP contribution in [0.25, 0.3) is 10.9 Å². The van der Waals surface area contributed by atoms with Crippen molar-refractivity contribution in [3.63, 3.8) is 0 Å². The maximum absolute atomic E-state index is 6.55. The molecule has 0 amide bonds. The summed E-state index contributed by atoms with van der Waals surface area (Å²) in [5.41, 5.74) is 3.16. The average molecular weight is 411 g/mol. The van der Waals surface area contributed by atoms with Crippen molar-refractivity contribution < 1.29 is 14.2 Å². The topological polar surface area (TPSA) is 43.8 Å². The van der Waals surface area contributed by atoms with Gasteiger partial charge in [0.2, 0.25) is 0 Å². The Kier molecular flexibility index (Phi) is 4.94. The van der Waals surface area contributed by atoms with E-state index in [1.165, 1.54) is 5.56 Å². The molecule has 0 radical (unpaired) electrons. The standard InChI is InChI=1S/C23H23ClN2O3/c1-27-18-6-4-15-11-17(23(24)25-19(15)13-18)14-26-8-2-3-20(26)16-5-7-21-22(12-16)29-10-9-28-21/h4-7,11-13,20H,2-3,8-10,14H2,1H3/t20-/m0/s1. The minimum Gasteiger partial charge on any atom is -0.497 e. The smallest absolute Gasteiger partial charge is 0.161 e. The molecule has 6 heteroatoms. The van der Waals surface area contributed by atoms with Gasteiger partial charge in [-0.3, -0.25) is 4.90 Å². The maximum atomic E-state index is 6.55. The van der Waals surface area contributed by atoms with Gasteiger partial charge in [0.05, 0.1) is 12.6 Å². The zero-order chi connectivity index (χ0) is 19.8. The Balaban J connectivity index is 1.41. The normalized spacial score (nSPS) is 18.9. The molecule has 2 aliphatic rings. The second-order valence-electron chi connectivity index (χ2n) is 7.53. The van der Waals surface area contributed by atoms with Crippen molar-refractivity contribution in [1.82, 2.24) is 9.88 Å². The number of benzene rings is 2. The summed E-state index contributed by atoms with van der Waals surface area (Å²) in [6.45, 7) is 3.03. The summed E-state index contributed by atoms with van der Waals surface area (Å²) in [7, 11) is 1.66. The summed E-state index contributed by atoms with van der Waals surface area (Å²) in [5, 5.41) is 1.62. The molecule has 0 aliphatic carbocycles. The van der Waals surface area contributed by atoms with Gasteiger partial charge in [-0.05, 0) is 55.3 Å². The molecule has 0 spiro atoms. The number of rotatable bonds is 4. The Hall–Kier alpha value is -2.50. The molecule has 0 bridgehead atoms. The van der Waals surface area contributed by atoms with Crippen LogP contribution in [0.4, 0.5) is 0 Å². The van der Waals surface area contributed by atoms with Crippen molar-refractivity contribution in [1.29, 1.82) is 0 Å². The molecule has 1 fully saturated rings. The van der Waals surface area contributed by atoms with Crippen LogP contribution in [0.3, 0.4) is 0 Å². The molecule has 1 saturated heterocycles. The summed E-state index contributed by atoms with van der Waals surface area (Å²) in [5.74, 6) is 2.47. The zero-order valence-electron chi connectivity index (χ0n) is 16.4. The van der Waals surface area contributed by atoms with Gasteiger partial charge in [-0.1, -0.05) is 17.7 Å². The van der Waals surface area contributed by atoms with E-state index in [4.69, 9.17) is 25.8 Å². The van der Waals surface area contributed by atoms with E-state index in [2.05, 4.69) is 28.1 Å². The highest BCUT2D eigenvalue weighted by molar-refractivity contribution is 6.30. The lowest BCUT2D eigenvalue weighted by Crippen LogP contribution is -2.23. The number of halogens is 1. The Morgan fingerprint density at radius 2 is 1.97 bits per heavy atom. The molecule has 0 saturated carbocycles. The fourth-order valence-corrected chi connectivity index (χ4v) is 4.49. The molecule has 0 N–H and O–H groups in total. The van der Waals surface area contributed by atoms with Gasteiger partial charge in [0.1, 0.15) is 24.1 Å². The van der Waals surface area contributed by atoms with Crippen molar-refractivity contribution >= 4 is 22.5 Å². The quantitative estimate of drug-likeness (QED) is 0.566. The predicted molar refractivity (Wildman–Crippen MR) is 113 cm³/mol. The van der Waals surface area contributed by atoms with E-state index >= 15 is 0 Å². The fourth-order valence-electron chi connectivity index (χ4n) is 4.28. The molecule has 5 nitrogen and oxygen atoms in total. The van der Waals surface area contributed by atoms with E-state index in [0.29, 0.717) is 24.4 Å². The highest BCUT2D eigenvalue weighted by atomic mass is 35.5. The summed E-state index contributed by atoms with van der Waals surface area (Å²) >= 11 is 6.55. The number of hydrogen-bond acceptors (Lipinski definition) is 5. The van der Waals surface area contributed by atoms with Crippen LogP contribution < -0.4 is 14.2 Å². The molecule has 3 heterocycles. The Morgan fingerprint density at radius 1 is 1.10 bits per heavy atom. The SMILES string of the molecule is COc1ccc2cc(CN3CCC[C@H]3c3ccc4c(c3)OCCO4)c(Cl)nc2c1. The van der Waals surface area contributed by atoms with Crippen LogP contribution in [0.5, 0.6) is 17.2 Å². The Bertz CT molecular complexity index is 1060. The number of methoxy groups -OCH3 is 1. The summed E-state index contributed by atoms with van der Waals surface area (Å²) < 4.78 is 16.7. The number of hydrogen-bond donors (Lipinski definition) is 0. The molecule has 29 heavy (non-hydrogen) atoms. The number of likely N-dealkylation sites (tertiary alicyclic amines) is 1. The third kappa shape index (κ3) is 3.61. The zero-order valence-corrected chi connectivity index (χ0v) is 17.1. The van der Waals surface area contributed by atoms with Gasteiger partial charge in [-0.25, -0.2) is 4.98 Å². The van der Waals surface area contributed by atoms with Gasteiger partial charge in [0.15, 0.2) is 11.5 Å². The summed E-state index contributed by atoms with van der Waals surface area (Å²) in [6.07, 6.45) is 2.28. The Morgan fingerprint density at radius 3 is 2.83 bits per heavy atom. The van der Waals surface area contributed by atoms with Gasteiger partial charge < -0.3 is 14.2 Å². The highest BCUT2D eigenvalue weighted by Crippen LogP contribution is 2.39. The van der Waals surface area contributed by atoms with Crippen molar-refractivity contribution in [3.8, 4) is 17.2 Å². The van der Waals surface area contributed by atoms with Crippen LogP contribution in [0.2, 0.25) is 5.15 Å². The summed E-state index contributed by atoms with van der Waals surface area (Å²) in [4.78, 5) is 7.08. The van der Waals surface area contributed by atoms with Crippen LogP contribution in [-0.4, -0.2) is 36.8 Å². The van der Waals surface area contributed by atoms with Crippen molar-refractivity contribution in [2.24, 2.45) is 0 Å². The first-order chi connectivity index (χ1) is 14.2. The van der Waals surface area contributed by atoms with E-state index in [1.54, 1.807) is 7.11 Å². The van der Waals surface area contributed by atoms with Gasteiger partial charge in [-0.15, -0.1) is 0 Å². The van der Waals surface area contributed by atoms with Crippen LogP contribution >= 0.6 is 11.6 Å². The molecule has 3 aromatic rings. The minimum absolute atomic E-state index is 0.341. The lowest BCUT2D eigenvalue weighted by atomic mass is 10.0. The molecule has 2 aliphatic heterocycles. The van der Waals surface area contributed by atoms with Gasteiger partial charge in [-0.2, -0.15) is 0 Å². The first kappa shape index (κ1) is 18.5. The third-order valence-corrected chi connectivity index (χ3v) is 6.07. The number of ether oxygens (including phenoxy) is 3. The second-order valence-corrected chi connectivity index (χ2v) is 7.89. The van der Waals surface area contributed by atoms with Crippen molar-refractivity contribution in [2.75, 3.05) is 26.9 Å². The van der Waals surface area contributed by atoms with Gasteiger partial charge in [0.25, 0.3) is 0 Å². The molecule has 150 valence electrons. The van der Waals surface area contributed by atoms with Gasteiger partial charge >= 0.3 is 0 Å². The van der Waals surface area contributed by atoms with E-state index < -0.39 is 0 Å². The number of nitrogens with zero attached hydrogens (tertiary/aromatic N) is 2. The van der Waals surface area contributed by atoms with E-state index in [0.717, 1.165) is 59.6 Å². The lowest BCUT2D eigenvalue weighted by Gasteiger charge is -2.27. The van der Waals surface area contributed by atoms with Crippen molar-refractivity contribution in [2.45, 2.75) is 25.4 Å². The molecule has 2 aromatic carbocycles. The van der Waals surface area contributed by atoms with E-state index in [1.807, 2.05) is 24.3 Å². The van der Waals surface area contributed by atoms with Gasteiger partial charge in [0, 0.05) is 29.6 Å². The first-order valence-electron chi connectivity index (χ1n) is 9.98. The number of pyridine rings is 1. The van der Waals surface area contributed by atoms with E-state index in [9.17, 15) is 0 Å². The monoisotopic (exact) mass is 410 g/mol. The van der Waals surface area contributed by atoms with Crippen LogP contribution in [0, 0.1) is 0 Å². The van der Waals surface area contributed by atoms with Crippen LogP contribution in [-0.2, 0) is 6.54 Å². The number of fused-ring (bicyclic) bond motifs is 2. The van der Waals surface area contributed by atoms with Crippen LogP contribution in [0.1, 0.15) is 30.0 Å². The fraction of sp³-hybridized carbons (Fsp3) is 0.348. The third-order valence-electron chi connectivity index (χ3n) is 5.74. The highest BCUT2D eigenvalue weighted by Gasteiger charge is 2.28. The minimum atomic E-state index is 0.341. The number of aromatic nitrogens is 1. The molecule has 1 aromatic heterocycles. The molecule has 5 rings (SSSR count). The van der Waals surface area contributed by atoms with Crippen LogP contribution in [0.15, 0.2) is 42.5 Å². The molecule has 1 atom stereocenters. The predicted octanol–water partition coefficient (Wildman–Crippen LogP) is 5.01. The molecule has 0 unspecified atom stereocenters. The first-order valence-corrected chi connectivity index (χ1v) is 10.4. The average Bonchev–Trinajstić information content (AvgIpc) is 3.21.